The highest BCUT2D eigenvalue weighted by atomic mass is 16.5. The van der Waals surface area contributed by atoms with E-state index >= 15 is 0 Å². The Morgan fingerprint density at radius 1 is 1.05 bits per heavy atom. The van der Waals surface area contributed by atoms with E-state index in [0.29, 0.717) is 18.1 Å². The molecule has 206 valence electrons. The number of carbonyl (C=O) groups is 2. The van der Waals surface area contributed by atoms with Gasteiger partial charge in [-0.3, -0.25) is 4.79 Å². The largest absolute Gasteiger partial charge is 0.478 e. The molecule has 1 fully saturated rings. The van der Waals surface area contributed by atoms with E-state index in [0.717, 1.165) is 48.4 Å². The Morgan fingerprint density at radius 3 is 2.67 bits per heavy atom. The number of hydrogen-bond donors (Lipinski definition) is 3. The molecule has 1 aliphatic heterocycles. The summed E-state index contributed by atoms with van der Waals surface area (Å²) < 4.78 is 11.0. The lowest BCUT2D eigenvalue weighted by Gasteiger charge is -2.38. The fraction of sp³-hybridized carbons (Fsp3) is 0.367. The van der Waals surface area contributed by atoms with Gasteiger partial charge in [0.1, 0.15) is 6.61 Å². The number of pyridine rings is 1. The summed E-state index contributed by atoms with van der Waals surface area (Å²) in [6.07, 6.45) is 2.13. The highest BCUT2D eigenvalue weighted by Crippen LogP contribution is 2.33. The van der Waals surface area contributed by atoms with Crippen molar-refractivity contribution in [2.24, 2.45) is 0 Å². The molecule has 4 rings (SSSR count). The van der Waals surface area contributed by atoms with Crippen molar-refractivity contribution in [2.75, 3.05) is 44.2 Å². The van der Waals surface area contributed by atoms with E-state index in [-0.39, 0.29) is 31.6 Å². The lowest BCUT2D eigenvalue weighted by atomic mass is 9.99. The van der Waals surface area contributed by atoms with Gasteiger partial charge in [-0.1, -0.05) is 43.3 Å². The molecule has 0 radical (unpaired) electrons. The third-order valence-electron chi connectivity index (χ3n) is 6.63. The third kappa shape index (κ3) is 7.48. The molecule has 1 saturated heterocycles. The Balaban J connectivity index is 1.46. The number of benzene rings is 2. The van der Waals surface area contributed by atoms with Crippen LogP contribution in [0.1, 0.15) is 36.2 Å². The standard InChI is InChI=1S/C30H37N5O4/c1-3-24-20-31-17-18-35(24)27-13-12-23(25-11-8-14-33-29(25)38-4-2)19-26(27)28(36)32-15-16-34-30(37)39-21-22-9-6-5-7-10-22/h5-14,19,24,31H,3-4,15-18,20-21H2,1-2H3,(H,32,36)(H,34,37)/t24-/m1/s1. The van der Waals surface area contributed by atoms with Crippen LogP contribution in [0.2, 0.25) is 0 Å². The molecule has 9 nitrogen and oxygen atoms in total. The number of nitrogens with one attached hydrogen (secondary N) is 3. The van der Waals surface area contributed by atoms with Crippen LogP contribution in [0.4, 0.5) is 10.5 Å². The molecule has 9 heteroatoms. The van der Waals surface area contributed by atoms with Crippen LogP contribution in [-0.4, -0.2) is 62.4 Å². The molecule has 0 spiro atoms. The van der Waals surface area contributed by atoms with Gasteiger partial charge in [-0.2, -0.15) is 0 Å². The third-order valence-corrected chi connectivity index (χ3v) is 6.63. The van der Waals surface area contributed by atoms with E-state index in [1.165, 1.54) is 0 Å². The Hall–Kier alpha value is -4.11. The van der Waals surface area contributed by atoms with E-state index in [2.05, 4.69) is 32.8 Å². The molecular weight excluding hydrogens is 494 g/mol. The average Bonchev–Trinajstić information content (AvgIpc) is 2.99. The monoisotopic (exact) mass is 531 g/mol. The first-order valence-corrected chi connectivity index (χ1v) is 13.5. The molecular formula is C30H37N5O4. The summed E-state index contributed by atoms with van der Waals surface area (Å²) in [5.41, 5.74) is 4.06. The molecule has 2 amide bonds. The van der Waals surface area contributed by atoms with Crippen LogP contribution in [-0.2, 0) is 11.3 Å². The second-order valence-corrected chi connectivity index (χ2v) is 9.23. The summed E-state index contributed by atoms with van der Waals surface area (Å²) in [6.45, 7) is 7.80. The van der Waals surface area contributed by atoms with Crippen LogP contribution in [0.3, 0.4) is 0 Å². The summed E-state index contributed by atoms with van der Waals surface area (Å²) >= 11 is 0. The highest BCUT2D eigenvalue weighted by Gasteiger charge is 2.25. The smallest absolute Gasteiger partial charge is 0.407 e. The van der Waals surface area contributed by atoms with Gasteiger partial charge in [0.25, 0.3) is 5.91 Å². The van der Waals surface area contributed by atoms with Gasteiger partial charge in [-0.25, -0.2) is 9.78 Å². The number of piperazine rings is 1. The Morgan fingerprint density at radius 2 is 1.87 bits per heavy atom. The van der Waals surface area contributed by atoms with Crippen molar-refractivity contribution in [1.82, 2.24) is 20.9 Å². The van der Waals surface area contributed by atoms with Gasteiger partial charge in [-0.15, -0.1) is 0 Å². The lowest BCUT2D eigenvalue weighted by molar-refractivity contribution is 0.0952. The van der Waals surface area contributed by atoms with Crippen molar-refractivity contribution in [3.8, 4) is 17.0 Å². The molecule has 0 saturated carbocycles. The predicted octanol–water partition coefficient (Wildman–Crippen LogP) is 3.99. The Labute approximate surface area is 229 Å². The fourth-order valence-electron chi connectivity index (χ4n) is 4.65. The fourth-order valence-corrected chi connectivity index (χ4v) is 4.65. The second-order valence-electron chi connectivity index (χ2n) is 9.23. The maximum Gasteiger partial charge on any atom is 0.407 e. The second kappa shape index (κ2) is 14.2. The van der Waals surface area contributed by atoms with Gasteiger partial charge in [-0.05, 0) is 48.7 Å². The summed E-state index contributed by atoms with van der Waals surface area (Å²) in [5.74, 6) is 0.326. The highest BCUT2D eigenvalue weighted by molar-refractivity contribution is 6.01. The van der Waals surface area contributed by atoms with E-state index in [1.54, 1.807) is 6.20 Å². The summed E-state index contributed by atoms with van der Waals surface area (Å²) in [4.78, 5) is 32.3. The molecule has 0 aliphatic carbocycles. The van der Waals surface area contributed by atoms with Gasteiger partial charge >= 0.3 is 6.09 Å². The van der Waals surface area contributed by atoms with Crippen molar-refractivity contribution < 1.29 is 19.1 Å². The van der Waals surface area contributed by atoms with Gasteiger partial charge < -0.3 is 30.3 Å². The minimum Gasteiger partial charge on any atom is -0.478 e. The van der Waals surface area contributed by atoms with Crippen LogP contribution < -0.4 is 25.6 Å². The Kier molecular flexibility index (Phi) is 10.1. The number of nitrogens with zero attached hydrogens (tertiary/aromatic N) is 2. The van der Waals surface area contributed by atoms with Crippen molar-refractivity contribution in [3.63, 3.8) is 0 Å². The van der Waals surface area contributed by atoms with Crippen molar-refractivity contribution in [3.05, 3.63) is 78.0 Å². The van der Waals surface area contributed by atoms with Gasteiger partial charge in [0.2, 0.25) is 5.88 Å². The van der Waals surface area contributed by atoms with Crippen molar-refractivity contribution in [1.29, 1.82) is 0 Å². The lowest BCUT2D eigenvalue weighted by Crippen LogP contribution is -2.51. The zero-order valence-electron chi connectivity index (χ0n) is 22.6. The molecule has 1 aromatic heterocycles. The number of ether oxygens (including phenoxy) is 2. The van der Waals surface area contributed by atoms with Gasteiger partial charge in [0.05, 0.1) is 12.2 Å². The number of anilines is 1. The van der Waals surface area contributed by atoms with Crippen LogP contribution in [0.15, 0.2) is 66.9 Å². The van der Waals surface area contributed by atoms with E-state index in [9.17, 15) is 9.59 Å². The number of aromatic nitrogens is 1. The number of carbonyl (C=O) groups excluding carboxylic acids is 2. The topological polar surface area (TPSA) is 105 Å². The molecule has 1 aliphatic rings. The molecule has 39 heavy (non-hydrogen) atoms. The quantitative estimate of drug-likeness (QED) is 0.321. The zero-order chi connectivity index (χ0) is 27.5. The number of amides is 2. The molecule has 1 atom stereocenters. The molecule has 3 aromatic rings. The number of hydrogen-bond acceptors (Lipinski definition) is 7. The minimum atomic E-state index is -0.526. The first kappa shape index (κ1) is 27.9. The SMILES string of the molecule is CCOc1ncccc1-c1ccc(N2CCNC[C@H]2CC)c(C(=O)NCCNC(=O)OCc2ccccc2)c1. The first-order valence-electron chi connectivity index (χ1n) is 13.5. The first-order chi connectivity index (χ1) is 19.1. The van der Waals surface area contributed by atoms with E-state index in [4.69, 9.17) is 9.47 Å². The number of alkyl carbamates (subject to hydrolysis) is 1. The molecule has 0 bridgehead atoms. The van der Waals surface area contributed by atoms with Crippen LogP contribution in [0.5, 0.6) is 5.88 Å². The van der Waals surface area contributed by atoms with Crippen molar-refractivity contribution in [2.45, 2.75) is 32.9 Å². The predicted molar refractivity (Wildman–Crippen MR) is 152 cm³/mol. The van der Waals surface area contributed by atoms with Gasteiger partial charge in [0.15, 0.2) is 0 Å². The molecule has 2 aromatic carbocycles. The summed E-state index contributed by atoms with van der Waals surface area (Å²) in [5, 5.41) is 9.10. The molecule has 3 N–H and O–H groups in total. The van der Waals surface area contributed by atoms with Crippen LogP contribution >= 0.6 is 0 Å². The normalized spacial score (nSPS) is 14.9. The minimum absolute atomic E-state index is 0.191. The summed E-state index contributed by atoms with van der Waals surface area (Å²) in [7, 11) is 0. The zero-order valence-corrected chi connectivity index (χ0v) is 22.6. The van der Waals surface area contributed by atoms with E-state index in [1.807, 2.05) is 67.6 Å². The maximum absolute atomic E-state index is 13.5. The Bertz CT molecular complexity index is 1240. The maximum atomic E-state index is 13.5. The summed E-state index contributed by atoms with van der Waals surface area (Å²) in [6, 6.07) is 19.5. The molecule has 2 heterocycles. The van der Waals surface area contributed by atoms with Crippen LogP contribution in [0, 0.1) is 0 Å². The van der Waals surface area contributed by atoms with Crippen LogP contribution in [0.25, 0.3) is 11.1 Å². The number of rotatable bonds is 11. The molecule has 0 unspecified atom stereocenters. The van der Waals surface area contributed by atoms with E-state index < -0.39 is 6.09 Å². The van der Waals surface area contributed by atoms with Crippen molar-refractivity contribution >= 4 is 17.7 Å². The van der Waals surface area contributed by atoms with Gasteiger partial charge in [0, 0.05) is 56.2 Å². The average molecular weight is 532 g/mol.